The van der Waals surface area contributed by atoms with Crippen LogP contribution in [-0.4, -0.2) is 17.5 Å². The van der Waals surface area contributed by atoms with E-state index in [2.05, 4.69) is 50.1 Å². The van der Waals surface area contributed by atoms with Crippen molar-refractivity contribution in [2.75, 3.05) is 11.9 Å². The fourth-order valence-electron chi connectivity index (χ4n) is 2.78. The van der Waals surface area contributed by atoms with Crippen LogP contribution in [0.25, 0.3) is 11.3 Å². The number of carbonyl (C=O) groups excluding carboxylic acids is 1. The average molecular weight is 395 g/mol. The Balaban J connectivity index is 1.59. The first-order valence-electron chi connectivity index (χ1n) is 9.30. The maximum atomic E-state index is 12.2. The zero-order chi connectivity index (χ0) is 20.3. The highest BCUT2D eigenvalue weighted by Gasteiger charge is 2.14. The highest BCUT2D eigenvalue weighted by atomic mass is 32.1. The minimum atomic E-state index is -0.218. The standard InChI is InChI=1S/C23H26N2O2S/c1-15-6-8-17(9-7-15)21-16(2)28-22(25-21)24-20(26)14-27-19-12-10-18(11-13-19)23(3,4)5/h6-13H,14H2,1-5H3,(H,24,25,26). The Labute approximate surface area is 170 Å². The van der Waals surface area contributed by atoms with Crippen molar-refractivity contribution < 1.29 is 9.53 Å². The monoisotopic (exact) mass is 394 g/mol. The molecule has 0 radical (unpaired) electrons. The van der Waals surface area contributed by atoms with Crippen LogP contribution in [0.1, 0.15) is 36.8 Å². The number of anilines is 1. The number of aryl methyl sites for hydroxylation is 2. The van der Waals surface area contributed by atoms with Crippen molar-refractivity contribution in [2.45, 2.75) is 40.0 Å². The van der Waals surface area contributed by atoms with Crippen molar-refractivity contribution in [3.63, 3.8) is 0 Å². The first kappa shape index (κ1) is 20.1. The number of ether oxygens (including phenoxy) is 1. The third-order valence-corrected chi connectivity index (χ3v) is 5.34. The first-order chi connectivity index (χ1) is 13.2. The molecule has 0 aliphatic carbocycles. The van der Waals surface area contributed by atoms with E-state index in [-0.39, 0.29) is 17.9 Å². The molecule has 1 amide bonds. The van der Waals surface area contributed by atoms with Gasteiger partial charge in [-0.1, -0.05) is 62.7 Å². The van der Waals surface area contributed by atoms with Crippen LogP contribution in [0.15, 0.2) is 48.5 Å². The van der Waals surface area contributed by atoms with Crippen LogP contribution >= 0.6 is 11.3 Å². The van der Waals surface area contributed by atoms with Crippen molar-refractivity contribution in [1.82, 2.24) is 4.98 Å². The maximum Gasteiger partial charge on any atom is 0.264 e. The summed E-state index contributed by atoms with van der Waals surface area (Å²) in [6.45, 7) is 10.5. The fourth-order valence-corrected chi connectivity index (χ4v) is 3.64. The zero-order valence-corrected chi connectivity index (χ0v) is 17.8. The minimum Gasteiger partial charge on any atom is -0.484 e. The molecule has 0 saturated heterocycles. The molecule has 5 heteroatoms. The molecule has 1 aromatic heterocycles. The van der Waals surface area contributed by atoms with Gasteiger partial charge in [0.15, 0.2) is 11.7 Å². The molecule has 1 N–H and O–H groups in total. The molecule has 2 aromatic carbocycles. The van der Waals surface area contributed by atoms with Gasteiger partial charge in [0.2, 0.25) is 0 Å². The lowest BCUT2D eigenvalue weighted by atomic mass is 9.87. The Morgan fingerprint density at radius 3 is 2.29 bits per heavy atom. The highest BCUT2D eigenvalue weighted by molar-refractivity contribution is 7.16. The third kappa shape index (κ3) is 4.98. The van der Waals surface area contributed by atoms with E-state index in [1.165, 1.54) is 22.5 Å². The number of carbonyl (C=O) groups is 1. The van der Waals surface area contributed by atoms with E-state index in [1.807, 2.05) is 43.3 Å². The third-order valence-electron chi connectivity index (χ3n) is 4.46. The normalized spacial score (nSPS) is 11.3. The molecule has 0 bridgehead atoms. The summed E-state index contributed by atoms with van der Waals surface area (Å²) in [4.78, 5) is 17.9. The van der Waals surface area contributed by atoms with Crippen molar-refractivity contribution in [3.8, 4) is 17.0 Å². The predicted molar refractivity (Wildman–Crippen MR) is 116 cm³/mol. The van der Waals surface area contributed by atoms with Crippen molar-refractivity contribution in [2.24, 2.45) is 0 Å². The molecule has 4 nitrogen and oxygen atoms in total. The summed E-state index contributed by atoms with van der Waals surface area (Å²) >= 11 is 1.47. The molecule has 0 aliphatic heterocycles. The SMILES string of the molecule is Cc1ccc(-c2nc(NC(=O)COc3ccc(C(C)(C)C)cc3)sc2C)cc1. The second kappa shape index (κ2) is 8.15. The molecule has 28 heavy (non-hydrogen) atoms. The van der Waals surface area contributed by atoms with Gasteiger partial charge < -0.3 is 4.74 Å². The molecule has 0 aliphatic rings. The molecule has 1 heterocycles. The number of aromatic nitrogens is 1. The summed E-state index contributed by atoms with van der Waals surface area (Å²) in [6, 6.07) is 16.1. The second-order valence-electron chi connectivity index (χ2n) is 7.90. The summed E-state index contributed by atoms with van der Waals surface area (Å²) in [5, 5.41) is 3.42. The number of nitrogens with zero attached hydrogens (tertiary/aromatic N) is 1. The number of hydrogen-bond acceptors (Lipinski definition) is 4. The Hall–Kier alpha value is -2.66. The largest absolute Gasteiger partial charge is 0.484 e. The van der Waals surface area contributed by atoms with Gasteiger partial charge in [0.25, 0.3) is 5.91 Å². The minimum absolute atomic E-state index is 0.0483. The number of amides is 1. The van der Waals surface area contributed by atoms with Gasteiger partial charge in [0.05, 0.1) is 5.69 Å². The van der Waals surface area contributed by atoms with E-state index in [0.717, 1.165) is 16.1 Å². The lowest BCUT2D eigenvalue weighted by molar-refractivity contribution is -0.118. The lowest BCUT2D eigenvalue weighted by Gasteiger charge is -2.19. The van der Waals surface area contributed by atoms with Gasteiger partial charge in [-0.05, 0) is 37.0 Å². The smallest absolute Gasteiger partial charge is 0.264 e. The van der Waals surface area contributed by atoms with Gasteiger partial charge in [0.1, 0.15) is 5.75 Å². The Morgan fingerprint density at radius 1 is 1.04 bits per heavy atom. The Bertz CT molecular complexity index is 952. The quantitative estimate of drug-likeness (QED) is 0.600. The molecule has 0 unspecified atom stereocenters. The number of benzene rings is 2. The molecule has 0 fully saturated rings. The van der Waals surface area contributed by atoms with E-state index in [0.29, 0.717) is 10.9 Å². The fraction of sp³-hybridized carbons (Fsp3) is 0.304. The molecule has 0 spiro atoms. The van der Waals surface area contributed by atoms with E-state index in [1.54, 1.807) is 0 Å². The van der Waals surface area contributed by atoms with Gasteiger partial charge in [-0.3, -0.25) is 10.1 Å². The first-order valence-corrected chi connectivity index (χ1v) is 10.1. The van der Waals surface area contributed by atoms with E-state index in [9.17, 15) is 4.79 Å². The average Bonchev–Trinajstić information content (AvgIpc) is 3.00. The van der Waals surface area contributed by atoms with Crippen LogP contribution in [0.4, 0.5) is 5.13 Å². The van der Waals surface area contributed by atoms with Gasteiger partial charge in [-0.15, -0.1) is 11.3 Å². The van der Waals surface area contributed by atoms with Gasteiger partial charge in [-0.25, -0.2) is 4.98 Å². The van der Waals surface area contributed by atoms with Gasteiger partial charge in [0, 0.05) is 10.4 Å². The van der Waals surface area contributed by atoms with Crippen LogP contribution in [0.5, 0.6) is 5.75 Å². The van der Waals surface area contributed by atoms with Crippen molar-refractivity contribution >= 4 is 22.4 Å². The van der Waals surface area contributed by atoms with Crippen LogP contribution < -0.4 is 10.1 Å². The van der Waals surface area contributed by atoms with Gasteiger partial charge in [-0.2, -0.15) is 0 Å². The molecule has 146 valence electrons. The van der Waals surface area contributed by atoms with Crippen LogP contribution in [-0.2, 0) is 10.2 Å². The molecular weight excluding hydrogens is 368 g/mol. The van der Waals surface area contributed by atoms with E-state index in [4.69, 9.17) is 4.74 Å². The summed E-state index contributed by atoms with van der Waals surface area (Å²) < 4.78 is 5.61. The number of nitrogens with one attached hydrogen (secondary N) is 1. The number of hydrogen-bond donors (Lipinski definition) is 1. The zero-order valence-electron chi connectivity index (χ0n) is 17.0. The summed E-state index contributed by atoms with van der Waals surface area (Å²) in [7, 11) is 0. The van der Waals surface area contributed by atoms with Crippen LogP contribution in [0.2, 0.25) is 0 Å². The lowest BCUT2D eigenvalue weighted by Crippen LogP contribution is -2.20. The highest BCUT2D eigenvalue weighted by Crippen LogP contribution is 2.30. The molecule has 3 rings (SSSR count). The van der Waals surface area contributed by atoms with Crippen LogP contribution in [0.3, 0.4) is 0 Å². The second-order valence-corrected chi connectivity index (χ2v) is 9.10. The maximum absolute atomic E-state index is 12.2. The predicted octanol–water partition coefficient (Wildman–Crippen LogP) is 5.74. The van der Waals surface area contributed by atoms with Crippen molar-refractivity contribution in [3.05, 3.63) is 64.5 Å². The molecule has 3 aromatic rings. The van der Waals surface area contributed by atoms with E-state index >= 15 is 0 Å². The summed E-state index contributed by atoms with van der Waals surface area (Å²) in [6.07, 6.45) is 0. The topological polar surface area (TPSA) is 51.2 Å². The molecule has 0 saturated carbocycles. The summed E-state index contributed by atoms with van der Waals surface area (Å²) in [5.41, 5.74) is 4.48. The van der Waals surface area contributed by atoms with E-state index < -0.39 is 0 Å². The summed E-state index contributed by atoms with van der Waals surface area (Å²) in [5.74, 6) is 0.461. The number of rotatable bonds is 5. The Morgan fingerprint density at radius 2 is 1.68 bits per heavy atom. The van der Waals surface area contributed by atoms with Gasteiger partial charge >= 0.3 is 0 Å². The molecular formula is C23H26N2O2S. The Kier molecular flexibility index (Phi) is 5.84. The number of thiazole rings is 1. The molecule has 0 atom stereocenters. The van der Waals surface area contributed by atoms with Crippen LogP contribution in [0, 0.1) is 13.8 Å². The van der Waals surface area contributed by atoms with Crippen molar-refractivity contribution in [1.29, 1.82) is 0 Å².